The van der Waals surface area contributed by atoms with Crippen LogP contribution in [-0.2, 0) is 0 Å². The first kappa shape index (κ1) is 11.8. The van der Waals surface area contributed by atoms with Crippen LogP contribution in [0.25, 0.3) is 5.52 Å². The van der Waals surface area contributed by atoms with Crippen molar-refractivity contribution in [2.75, 3.05) is 0 Å². The highest BCUT2D eigenvalue weighted by atomic mass is 16.1. The Bertz CT molecular complexity index is 681. The number of fused-ring (bicyclic) bond motifs is 1. The highest BCUT2D eigenvalue weighted by molar-refractivity contribution is 5.63. The van der Waals surface area contributed by atoms with Gasteiger partial charge >= 0.3 is 0 Å². The van der Waals surface area contributed by atoms with E-state index in [-0.39, 0.29) is 5.56 Å². The Labute approximate surface area is 101 Å². The molecule has 2 rings (SSSR count). The number of hydrogen-bond donors (Lipinski definition) is 0. The standard InChI is InChI=1S/C14H18N2O/c1-7-8(2)12(6)16-13(9(7)3)10(4)15-11(5)14(16)17/h1-6H3. The van der Waals surface area contributed by atoms with Crippen molar-refractivity contribution >= 4 is 5.52 Å². The summed E-state index contributed by atoms with van der Waals surface area (Å²) in [5.74, 6) is 0. The summed E-state index contributed by atoms with van der Waals surface area (Å²) in [5.41, 5.74) is 7.03. The fourth-order valence-corrected chi connectivity index (χ4v) is 2.43. The van der Waals surface area contributed by atoms with Gasteiger partial charge in [0.1, 0.15) is 5.69 Å². The van der Waals surface area contributed by atoms with Crippen molar-refractivity contribution < 1.29 is 0 Å². The Morgan fingerprint density at radius 3 is 2.00 bits per heavy atom. The molecule has 2 aromatic heterocycles. The lowest BCUT2D eigenvalue weighted by atomic mass is 10.0. The zero-order chi connectivity index (χ0) is 12.9. The van der Waals surface area contributed by atoms with E-state index < -0.39 is 0 Å². The highest BCUT2D eigenvalue weighted by Gasteiger charge is 2.14. The van der Waals surface area contributed by atoms with Gasteiger partial charge in [-0.2, -0.15) is 0 Å². The van der Waals surface area contributed by atoms with Crippen LogP contribution in [0.2, 0.25) is 0 Å². The van der Waals surface area contributed by atoms with Crippen molar-refractivity contribution in [2.45, 2.75) is 41.5 Å². The second kappa shape index (κ2) is 3.69. The summed E-state index contributed by atoms with van der Waals surface area (Å²) in [6, 6.07) is 0. The number of hydrogen-bond acceptors (Lipinski definition) is 2. The van der Waals surface area contributed by atoms with Crippen molar-refractivity contribution in [1.29, 1.82) is 0 Å². The molecule has 0 bridgehead atoms. The fraction of sp³-hybridized carbons (Fsp3) is 0.429. The quantitative estimate of drug-likeness (QED) is 0.697. The molecule has 3 heteroatoms. The molecule has 0 aliphatic heterocycles. The van der Waals surface area contributed by atoms with E-state index in [2.05, 4.69) is 25.8 Å². The molecule has 0 spiro atoms. The molecule has 0 radical (unpaired) electrons. The van der Waals surface area contributed by atoms with Gasteiger partial charge in [0.25, 0.3) is 5.56 Å². The fourth-order valence-electron chi connectivity index (χ4n) is 2.43. The predicted molar refractivity (Wildman–Crippen MR) is 69.9 cm³/mol. The van der Waals surface area contributed by atoms with Gasteiger partial charge in [-0.3, -0.25) is 14.2 Å². The van der Waals surface area contributed by atoms with E-state index in [9.17, 15) is 4.79 Å². The molecular weight excluding hydrogens is 212 g/mol. The van der Waals surface area contributed by atoms with Crippen LogP contribution >= 0.6 is 0 Å². The number of aryl methyl sites for hydroxylation is 4. The maximum absolute atomic E-state index is 12.2. The van der Waals surface area contributed by atoms with E-state index >= 15 is 0 Å². The van der Waals surface area contributed by atoms with Gasteiger partial charge in [-0.25, -0.2) is 0 Å². The summed E-state index contributed by atoms with van der Waals surface area (Å²) in [4.78, 5) is 16.6. The molecule has 3 nitrogen and oxygen atoms in total. The van der Waals surface area contributed by atoms with E-state index in [1.54, 1.807) is 11.3 Å². The second-order valence-electron chi connectivity index (χ2n) is 4.73. The third-order valence-corrected chi connectivity index (χ3v) is 3.77. The Kier molecular flexibility index (Phi) is 2.57. The van der Waals surface area contributed by atoms with Crippen LogP contribution < -0.4 is 5.56 Å². The molecule has 2 aromatic rings. The number of nitrogens with zero attached hydrogens (tertiary/aromatic N) is 2. The minimum atomic E-state index is -0.00528. The monoisotopic (exact) mass is 230 g/mol. The topological polar surface area (TPSA) is 34.4 Å². The van der Waals surface area contributed by atoms with Crippen molar-refractivity contribution in [2.24, 2.45) is 0 Å². The molecular formula is C14H18N2O. The van der Waals surface area contributed by atoms with E-state index in [4.69, 9.17) is 0 Å². The van der Waals surface area contributed by atoms with Gasteiger partial charge in [-0.05, 0) is 58.2 Å². The van der Waals surface area contributed by atoms with Crippen molar-refractivity contribution in [3.8, 4) is 0 Å². The van der Waals surface area contributed by atoms with Crippen molar-refractivity contribution in [3.05, 3.63) is 44.1 Å². The molecule has 0 saturated heterocycles. The predicted octanol–water partition coefficient (Wildman–Crippen LogP) is 2.55. The lowest BCUT2D eigenvalue weighted by Crippen LogP contribution is -2.23. The van der Waals surface area contributed by atoms with Gasteiger partial charge in [-0.1, -0.05) is 0 Å². The average Bonchev–Trinajstić information content (AvgIpc) is 2.28. The van der Waals surface area contributed by atoms with Gasteiger partial charge in [-0.15, -0.1) is 0 Å². The van der Waals surface area contributed by atoms with Gasteiger partial charge in [0, 0.05) is 5.69 Å². The van der Waals surface area contributed by atoms with E-state index in [0.29, 0.717) is 5.69 Å². The van der Waals surface area contributed by atoms with E-state index in [0.717, 1.165) is 22.5 Å². The zero-order valence-electron chi connectivity index (χ0n) is 11.3. The molecule has 90 valence electrons. The van der Waals surface area contributed by atoms with Crippen LogP contribution in [0.5, 0.6) is 0 Å². The summed E-state index contributed by atoms with van der Waals surface area (Å²) in [7, 11) is 0. The molecule has 0 N–H and O–H groups in total. The van der Waals surface area contributed by atoms with Gasteiger partial charge < -0.3 is 0 Å². The molecule has 0 amide bonds. The smallest absolute Gasteiger partial charge is 0.276 e. The highest BCUT2D eigenvalue weighted by Crippen LogP contribution is 2.22. The zero-order valence-corrected chi connectivity index (χ0v) is 11.3. The molecule has 0 saturated carbocycles. The molecule has 0 atom stereocenters. The molecule has 0 unspecified atom stereocenters. The van der Waals surface area contributed by atoms with Crippen LogP contribution in [-0.4, -0.2) is 9.38 Å². The maximum atomic E-state index is 12.2. The minimum Gasteiger partial charge on any atom is -0.278 e. The molecule has 0 fully saturated rings. The van der Waals surface area contributed by atoms with Gasteiger partial charge in [0.15, 0.2) is 0 Å². The number of pyridine rings is 1. The van der Waals surface area contributed by atoms with Crippen LogP contribution in [0.1, 0.15) is 33.8 Å². The summed E-state index contributed by atoms with van der Waals surface area (Å²) in [6.45, 7) is 11.9. The van der Waals surface area contributed by atoms with Crippen LogP contribution in [0.4, 0.5) is 0 Å². The second-order valence-corrected chi connectivity index (χ2v) is 4.73. The first-order valence-electron chi connectivity index (χ1n) is 5.82. The molecule has 0 aliphatic rings. The molecule has 0 aromatic carbocycles. The van der Waals surface area contributed by atoms with Crippen LogP contribution in [0.3, 0.4) is 0 Å². The van der Waals surface area contributed by atoms with Gasteiger partial charge in [0.05, 0.1) is 11.2 Å². The lowest BCUT2D eigenvalue weighted by molar-refractivity contribution is 0.916. The molecule has 17 heavy (non-hydrogen) atoms. The summed E-state index contributed by atoms with van der Waals surface area (Å²) in [6.07, 6.45) is 0. The Morgan fingerprint density at radius 1 is 0.824 bits per heavy atom. The lowest BCUT2D eigenvalue weighted by Gasteiger charge is -2.16. The van der Waals surface area contributed by atoms with Gasteiger partial charge in [0.2, 0.25) is 0 Å². The number of rotatable bonds is 0. The van der Waals surface area contributed by atoms with Crippen molar-refractivity contribution in [3.63, 3.8) is 0 Å². The summed E-state index contributed by atoms with van der Waals surface area (Å²) in [5, 5.41) is 0. The maximum Gasteiger partial charge on any atom is 0.276 e. The Hall–Kier alpha value is -1.64. The molecule has 2 heterocycles. The number of aromatic nitrogens is 2. The third kappa shape index (κ3) is 1.49. The van der Waals surface area contributed by atoms with Crippen molar-refractivity contribution in [1.82, 2.24) is 9.38 Å². The minimum absolute atomic E-state index is 0.00528. The third-order valence-electron chi connectivity index (χ3n) is 3.77. The van der Waals surface area contributed by atoms with Crippen LogP contribution in [0, 0.1) is 41.5 Å². The molecule has 0 aliphatic carbocycles. The first-order valence-corrected chi connectivity index (χ1v) is 5.82. The summed E-state index contributed by atoms with van der Waals surface area (Å²) < 4.78 is 1.80. The Balaban J connectivity index is 3.23. The van der Waals surface area contributed by atoms with E-state index in [1.807, 2.05) is 13.8 Å². The summed E-state index contributed by atoms with van der Waals surface area (Å²) >= 11 is 0. The normalized spacial score (nSPS) is 11.2. The SMILES string of the molecule is Cc1c(C)c(C)n2c(=O)c(C)nc(C)c2c1C. The first-order chi connectivity index (χ1) is 7.86. The van der Waals surface area contributed by atoms with E-state index in [1.165, 1.54) is 11.1 Å². The average molecular weight is 230 g/mol. The Morgan fingerprint density at radius 2 is 1.41 bits per heavy atom. The largest absolute Gasteiger partial charge is 0.278 e. The van der Waals surface area contributed by atoms with Crippen LogP contribution in [0.15, 0.2) is 4.79 Å².